The number of aryl methyl sites for hydroxylation is 5. The van der Waals surface area contributed by atoms with Crippen LogP contribution in [0.3, 0.4) is 0 Å². The van der Waals surface area contributed by atoms with Gasteiger partial charge < -0.3 is 0 Å². The highest BCUT2D eigenvalue weighted by molar-refractivity contribution is 7.02. The number of rotatable bonds is 14. The molecule has 0 aromatic heterocycles. The molecule has 0 fully saturated rings. The average Bonchev–Trinajstić information content (AvgIpc) is 0.750. The van der Waals surface area contributed by atoms with Crippen molar-refractivity contribution >= 4 is 83.1 Å². The minimum absolute atomic E-state index is 0.227. The van der Waals surface area contributed by atoms with Gasteiger partial charge >= 0.3 is 0 Å². The van der Waals surface area contributed by atoms with E-state index in [4.69, 9.17) is 0 Å². The lowest BCUT2D eigenvalue weighted by atomic mass is 9.78. The zero-order valence-electron chi connectivity index (χ0n) is 93.9. The molecule has 0 radical (unpaired) electrons. The predicted molar refractivity (Wildman–Crippen MR) is 638 cm³/mol. The van der Waals surface area contributed by atoms with Crippen molar-refractivity contribution in [3.05, 3.63) is 452 Å². The monoisotopic (exact) mass is 1890 g/mol. The Kier molecular flexibility index (Phi) is 44.1. The molecule has 141 heavy (non-hydrogen) atoms. The van der Waals surface area contributed by atoms with Gasteiger partial charge in [0, 0.05) is 0 Å². The van der Waals surface area contributed by atoms with E-state index in [0.29, 0.717) is 70.6 Å². The molecule has 742 valence electrons. The molecule has 0 bridgehead atoms. The second-order valence-electron chi connectivity index (χ2n) is 45.3. The van der Waals surface area contributed by atoms with E-state index in [-0.39, 0.29) is 10.8 Å². The minimum atomic E-state index is -1.58. The summed E-state index contributed by atoms with van der Waals surface area (Å²) < 4.78 is 0. The molecule has 0 aliphatic rings. The Morgan fingerprint density at radius 3 is 0.922 bits per heavy atom. The van der Waals surface area contributed by atoms with E-state index in [9.17, 15) is 0 Å². The molecule has 0 aliphatic heterocycles. The van der Waals surface area contributed by atoms with E-state index < -0.39 is 8.07 Å². The molecule has 0 amide bonds. The van der Waals surface area contributed by atoms with Gasteiger partial charge in [-0.05, 0) is 270 Å². The SMILES string of the molecule is CC(C)[Si](C)(c1ccccc1)c1ccccc1.CC(C)c1c2ccccc2cc2ccccc12.CC(C)c1cc(C(C)(C)C)cc(C(C)(C)C)c1.CC(C)c1cc2ccccc2c2ccccc12.CC(C)c1ccc2ccccc2c1.CC(C)c1cccc2ccccc12.CC(C)c1ccccc1.Cc1cc(C(C)C)c(C(C)C)c(C(C)C)c1.Cc1cc(C)c(C(C)C)c(C)c1.Cc1cccc(C(C)C)c1. The van der Waals surface area contributed by atoms with Crippen LogP contribution in [-0.4, -0.2) is 8.07 Å². The third-order valence-electron chi connectivity index (χ3n) is 27.7. The largest absolute Gasteiger partial charge is 0.117 e. The zero-order chi connectivity index (χ0) is 104. The summed E-state index contributed by atoms with van der Waals surface area (Å²) in [6.07, 6.45) is 0. The lowest BCUT2D eigenvalue weighted by Crippen LogP contribution is -2.57. The van der Waals surface area contributed by atoms with E-state index in [1.807, 2.05) is 6.07 Å². The maximum atomic E-state index is 2.47. The Morgan fingerprint density at radius 1 is 0.184 bits per heavy atom. The predicted octanol–water partition coefficient (Wildman–Crippen LogP) is 41.9. The highest BCUT2D eigenvalue weighted by atomic mass is 28.3. The maximum absolute atomic E-state index is 2.47. The minimum Gasteiger partial charge on any atom is -0.0646 e. The fraction of sp³-hybridized carbons (Fsp3) is 0.357. The smallest absolute Gasteiger partial charge is 0.0646 e. The summed E-state index contributed by atoms with van der Waals surface area (Å²) in [6.45, 7) is 81.5. The van der Waals surface area contributed by atoms with Gasteiger partial charge in [-0.3, -0.25) is 0 Å². The van der Waals surface area contributed by atoms with Crippen LogP contribution in [0.15, 0.2) is 352 Å². The van der Waals surface area contributed by atoms with Crippen molar-refractivity contribution in [3.8, 4) is 0 Å². The van der Waals surface area contributed by atoms with Crippen LogP contribution >= 0.6 is 0 Å². The molecule has 0 atom stereocenters. The molecule has 0 saturated heterocycles. The first-order valence-electron chi connectivity index (χ1n) is 53.0. The molecular weight excluding hydrogens is 1710 g/mol. The van der Waals surface area contributed by atoms with Crippen LogP contribution in [0.2, 0.25) is 12.1 Å². The summed E-state index contributed by atoms with van der Waals surface area (Å²) >= 11 is 0. The molecule has 0 spiro atoms. The van der Waals surface area contributed by atoms with Crippen molar-refractivity contribution in [1.29, 1.82) is 0 Å². The summed E-state index contributed by atoms with van der Waals surface area (Å²) in [4.78, 5) is 0. The molecule has 17 aromatic rings. The Hall–Kier alpha value is -11.5. The normalized spacial score (nSPS) is 11.5. The highest BCUT2D eigenvalue weighted by Gasteiger charge is 2.35. The first-order chi connectivity index (χ1) is 66.6. The van der Waals surface area contributed by atoms with Gasteiger partial charge in [0.2, 0.25) is 0 Å². The van der Waals surface area contributed by atoms with Crippen LogP contribution in [-0.2, 0) is 10.8 Å². The van der Waals surface area contributed by atoms with Crippen LogP contribution in [0.1, 0.15) is 373 Å². The summed E-state index contributed by atoms with van der Waals surface area (Å²) in [5.41, 5.74) is 27.3. The van der Waals surface area contributed by atoms with Crippen LogP contribution in [0.4, 0.5) is 0 Å². The average molecular weight is 1890 g/mol. The second kappa shape index (κ2) is 54.1. The van der Waals surface area contributed by atoms with Gasteiger partial charge in [-0.25, -0.2) is 0 Å². The van der Waals surface area contributed by atoms with E-state index in [0.717, 1.165) is 0 Å². The van der Waals surface area contributed by atoms with Crippen molar-refractivity contribution in [3.63, 3.8) is 0 Å². The number of benzene rings is 17. The number of hydrogen-bond donors (Lipinski definition) is 0. The van der Waals surface area contributed by atoms with Crippen LogP contribution < -0.4 is 10.4 Å². The molecule has 17 aromatic carbocycles. The van der Waals surface area contributed by atoms with Gasteiger partial charge in [-0.15, -0.1) is 0 Å². The first-order valence-corrected chi connectivity index (χ1v) is 55.6. The van der Waals surface area contributed by atoms with Crippen molar-refractivity contribution in [1.82, 2.24) is 0 Å². The Balaban J connectivity index is 0.000000193. The summed E-state index contributed by atoms with van der Waals surface area (Å²) in [5.74, 6) is 6.74. The molecule has 0 heterocycles. The molecule has 0 saturated carbocycles. The van der Waals surface area contributed by atoms with Crippen molar-refractivity contribution in [2.24, 2.45) is 0 Å². The summed E-state index contributed by atoms with van der Waals surface area (Å²) in [7, 11) is -1.58. The Morgan fingerprint density at radius 2 is 0.525 bits per heavy atom. The number of fused-ring (bicyclic) bond motifs is 7. The van der Waals surface area contributed by atoms with Crippen molar-refractivity contribution in [2.45, 2.75) is 330 Å². The second-order valence-corrected chi connectivity index (χ2v) is 50.0. The van der Waals surface area contributed by atoms with E-state index in [2.05, 4.69) is 595 Å². The van der Waals surface area contributed by atoms with E-state index >= 15 is 0 Å². The van der Waals surface area contributed by atoms with Crippen LogP contribution in [0, 0.1) is 34.6 Å². The summed E-state index contributed by atoms with van der Waals surface area (Å²) in [6, 6.07) is 127. The van der Waals surface area contributed by atoms with Gasteiger partial charge in [0.25, 0.3) is 0 Å². The van der Waals surface area contributed by atoms with Crippen LogP contribution in [0.25, 0.3) is 64.6 Å². The van der Waals surface area contributed by atoms with Crippen molar-refractivity contribution in [2.75, 3.05) is 0 Å². The topological polar surface area (TPSA) is 0 Å². The molecule has 1 heteroatoms. The molecule has 0 N–H and O–H groups in total. The third-order valence-corrected chi connectivity index (χ3v) is 33.0. The van der Waals surface area contributed by atoms with Gasteiger partial charge in [0.05, 0.1) is 0 Å². The van der Waals surface area contributed by atoms with Crippen molar-refractivity contribution < 1.29 is 0 Å². The molecular formula is C140H178Si. The van der Waals surface area contributed by atoms with E-state index in [1.165, 1.54) is 158 Å². The summed E-state index contributed by atoms with van der Waals surface area (Å²) in [5, 5.41) is 19.4. The maximum Gasteiger partial charge on any atom is 0.117 e. The van der Waals surface area contributed by atoms with Gasteiger partial charge in [0.1, 0.15) is 8.07 Å². The van der Waals surface area contributed by atoms with Gasteiger partial charge in [-0.2, -0.15) is 0 Å². The molecule has 0 unspecified atom stereocenters. The zero-order valence-corrected chi connectivity index (χ0v) is 94.9. The fourth-order valence-corrected chi connectivity index (χ4v) is 22.7. The molecule has 0 aliphatic carbocycles. The standard InChI is InChI=1S/2C17H16.C17H28.C16H20Si.C16H26.2C13H14.C12H18.C10H14.C9H12/c1-12(2)17-15-9-5-3-7-13(15)11-14-8-4-6-10-16(14)17;1-12(2)17-11-13-7-3-4-8-14(13)15-9-5-6-10-16(15)17;1-12(2)13-9-14(16(3,4)5)11-15(10-13)17(6,7)8;1-14(2)17(3,15-10-6-4-7-11-15)16-12-8-5-9-13-16;1-10(2)14-8-13(7)9-15(11(3)4)16(14)12(5)6;1-10(2)12-9-5-7-11-6-3-4-8-13(11)12;1-10(2)12-8-7-11-5-3-4-6-13(11)9-12;1-8(2)12-10(4)6-9(3)7-11(12)5;1-8(2)10-6-4-5-9(3)7-10;1-8(2)9-6-4-3-5-7-9/h2*3-12H,1-2H3;9-12H,1-8H3;4-14H,1-3H3;8-12H,1-7H3;2*3-10H,1-2H3;6-8H,1-5H3;4-8H,1-3H3;3-8H,1-2H3. The fourth-order valence-electron chi connectivity index (χ4n) is 19.3. The molecule has 17 rings (SSSR count). The van der Waals surface area contributed by atoms with Crippen LogP contribution in [0.5, 0.6) is 0 Å². The highest BCUT2D eigenvalue weighted by Crippen LogP contribution is 2.39. The first kappa shape index (κ1) is 115. The number of hydrogen-bond acceptors (Lipinski definition) is 0. The quantitative estimate of drug-likeness (QED) is 0.0578. The van der Waals surface area contributed by atoms with E-state index in [1.54, 1.807) is 16.7 Å². The Labute approximate surface area is 859 Å². The lowest BCUT2D eigenvalue weighted by molar-refractivity contribution is 0.565. The van der Waals surface area contributed by atoms with Gasteiger partial charge in [0.15, 0.2) is 0 Å². The molecule has 0 nitrogen and oxygen atoms in total. The third kappa shape index (κ3) is 33.0. The lowest BCUT2D eigenvalue weighted by Gasteiger charge is -2.32. The Bertz CT molecular complexity index is 6480. The van der Waals surface area contributed by atoms with Gasteiger partial charge in [-0.1, -0.05) is 587 Å².